The van der Waals surface area contributed by atoms with Gasteiger partial charge in [-0.15, -0.1) is 11.3 Å². The number of nitrogens with one attached hydrogen (secondary N) is 1. The molecule has 5 aromatic rings. The molecule has 0 fully saturated rings. The van der Waals surface area contributed by atoms with Crippen LogP contribution in [0.15, 0.2) is 66.0 Å². The Labute approximate surface area is 218 Å². The summed E-state index contributed by atoms with van der Waals surface area (Å²) in [5.74, 6) is -0.695. The molecule has 1 atom stereocenters. The highest BCUT2D eigenvalue weighted by Crippen LogP contribution is 2.37. The van der Waals surface area contributed by atoms with Crippen molar-refractivity contribution < 1.29 is 14.3 Å². The predicted molar refractivity (Wildman–Crippen MR) is 149 cm³/mol. The van der Waals surface area contributed by atoms with Gasteiger partial charge in [0.25, 0.3) is 0 Å². The molecule has 0 saturated carbocycles. The fraction of sp³-hybridized carbons (Fsp3) is 0.194. The standard InChI is InChI=1S/C31H26N2O3S/c1-18-27(22-11-3-5-14-25(22)32-18)30(34)19(2)36-31(35)28-23-12-4-6-15-26(23)33-29-20(9-7-13-24(28)29)17-21-10-8-16-37-21/h3-6,8,10-12,14-17,19,32H,7,9,13H2,1-2H3/b20-17+/t19-/m0/s1. The summed E-state index contributed by atoms with van der Waals surface area (Å²) >= 11 is 1.68. The fourth-order valence-corrected chi connectivity index (χ4v) is 6.01. The van der Waals surface area contributed by atoms with E-state index in [1.807, 2.05) is 61.5 Å². The van der Waals surface area contributed by atoms with Gasteiger partial charge in [-0.25, -0.2) is 9.78 Å². The van der Waals surface area contributed by atoms with E-state index in [1.54, 1.807) is 18.3 Å². The molecule has 184 valence electrons. The molecule has 0 amide bonds. The highest BCUT2D eigenvalue weighted by atomic mass is 32.1. The number of hydrogen-bond donors (Lipinski definition) is 1. The quantitative estimate of drug-likeness (QED) is 0.199. The monoisotopic (exact) mass is 506 g/mol. The number of pyridine rings is 1. The molecule has 0 bridgehead atoms. The second-order valence-electron chi connectivity index (χ2n) is 9.45. The third-order valence-corrected chi connectivity index (χ3v) is 7.85. The Balaban J connectivity index is 1.40. The van der Waals surface area contributed by atoms with Gasteiger partial charge in [0.2, 0.25) is 5.78 Å². The number of aryl methyl sites for hydroxylation is 1. The molecular weight excluding hydrogens is 480 g/mol. The summed E-state index contributed by atoms with van der Waals surface area (Å²) in [4.78, 5) is 36.6. The lowest BCUT2D eigenvalue weighted by atomic mass is 9.86. The number of para-hydroxylation sites is 2. The first-order valence-corrected chi connectivity index (χ1v) is 13.4. The molecule has 1 aliphatic rings. The number of carbonyl (C=O) groups is 2. The second kappa shape index (κ2) is 9.45. The first kappa shape index (κ1) is 23.4. The maximum atomic E-state index is 13.8. The van der Waals surface area contributed by atoms with Crippen LogP contribution in [-0.2, 0) is 11.2 Å². The molecule has 0 spiro atoms. The first-order valence-electron chi connectivity index (χ1n) is 12.5. The fourth-order valence-electron chi connectivity index (χ4n) is 5.32. The summed E-state index contributed by atoms with van der Waals surface area (Å²) in [7, 11) is 0. The maximum Gasteiger partial charge on any atom is 0.339 e. The summed E-state index contributed by atoms with van der Waals surface area (Å²) in [5.41, 5.74) is 6.38. The Hall–Kier alpha value is -4.03. The number of ketones is 1. The van der Waals surface area contributed by atoms with Gasteiger partial charge in [-0.3, -0.25) is 4.79 Å². The number of aromatic nitrogens is 2. The Kier molecular flexibility index (Phi) is 5.97. The summed E-state index contributed by atoms with van der Waals surface area (Å²) in [5, 5.41) is 3.65. The van der Waals surface area contributed by atoms with E-state index in [9.17, 15) is 9.59 Å². The lowest BCUT2D eigenvalue weighted by molar-refractivity contribution is 0.0320. The number of nitrogens with zero attached hydrogens (tertiary/aromatic N) is 1. The van der Waals surface area contributed by atoms with E-state index >= 15 is 0 Å². The number of esters is 1. The molecule has 1 aliphatic carbocycles. The van der Waals surface area contributed by atoms with E-state index in [0.29, 0.717) is 11.1 Å². The van der Waals surface area contributed by atoms with Gasteiger partial charge in [-0.05, 0) is 73.9 Å². The minimum absolute atomic E-state index is 0.214. The minimum atomic E-state index is -0.933. The first-order chi connectivity index (χ1) is 18.0. The smallest absolute Gasteiger partial charge is 0.339 e. The van der Waals surface area contributed by atoms with Crippen LogP contribution in [0.1, 0.15) is 62.3 Å². The molecule has 2 aromatic carbocycles. The molecular formula is C31H26N2O3S. The van der Waals surface area contributed by atoms with Crippen molar-refractivity contribution in [3.05, 3.63) is 99.0 Å². The van der Waals surface area contributed by atoms with Crippen molar-refractivity contribution in [1.82, 2.24) is 9.97 Å². The second-order valence-corrected chi connectivity index (χ2v) is 10.4. The number of allylic oxidation sites excluding steroid dienone is 1. The molecule has 3 aromatic heterocycles. The van der Waals surface area contributed by atoms with Crippen LogP contribution in [0, 0.1) is 6.92 Å². The van der Waals surface area contributed by atoms with Crippen molar-refractivity contribution in [2.75, 3.05) is 0 Å². The van der Waals surface area contributed by atoms with E-state index in [1.165, 1.54) is 0 Å². The van der Waals surface area contributed by atoms with Crippen LogP contribution in [0.2, 0.25) is 0 Å². The van der Waals surface area contributed by atoms with Gasteiger partial charge in [0, 0.05) is 32.4 Å². The highest BCUT2D eigenvalue weighted by molar-refractivity contribution is 7.10. The Bertz CT molecular complexity index is 1690. The van der Waals surface area contributed by atoms with E-state index in [4.69, 9.17) is 9.72 Å². The Morgan fingerprint density at radius 3 is 2.59 bits per heavy atom. The van der Waals surface area contributed by atoms with Crippen molar-refractivity contribution in [3.63, 3.8) is 0 Å². The molecule has 6 heteroatoms. The van der Waals surface area contributed by atoms with Gasteiger partial charge >= 0.3 is 5.97 Å². The molecule has 5 nitrogen and oxygen atoms in total. The van der Waals surface area contributed by atoms with Gasteiger partial charge in [0.05, 0.1) is 16.8 Å². The molecule has 6 rings (SSSR count). The predicted octanol–water partition coefficient (Wildman–Crippen LogP) is 7.39. The Morgan fingerprint density at radius 2 is 1.78 bits per heavy atom. The minimum Gasteiger partial charge on any atom is -0.451 e. The van der Waals surface area contributed by atoms with Gasteiger partial charge in [-0.2, -0.15) is 0 Å². The van der Waals surface area contributed by atoms with Crippen LogP contribution < -0.4 is 0 Å². The summed E-state index contributed by atoms with van der Waals surface area (Å²) in [6.07, 6.45) is 3.81. The zero-order chi connectivity index (χ0) is 25.5. The van der Waals surface area contributed by atoms with E-state index < -0.39 is 12.1 Å². The zero-order valence-electron chi connectivity index (χ0n) is 20.7. The van der Waals surface area contributed by atoms with Gasteiger partial charge < -0.3 is 9.72 Å². The van der Waals surface area contributed by atoms with Crippen LogP contribution >= 0.6 is 11.3 Å². The number of rotatable bonds is 5. The number of ether oxygens (including phenoxy) is 1. The van der Waals surface area contributed by atoms with Gasteiger partial charge in [0.1, 0.15) is 0 Å². The van der Waals surface area contributed by atoms with Crippen LogP contribution in [0.4, 0.5) is 0 Å². The normalized spacial score (nSPS) is 15.1. The topological polar surface area (TPSA) is 72.1 Å². The van der Waals surface area contributed by atoms with Crippen molar-refractivity contribution in [2.45, 2.75) is 39.2 Å². The molecule has 0 radical (unpaired) electrons. The molecule has 1 N–H and O–H groups in total. The number of aromatic amines is 1. The number of H-pyrrole nitrogens is 1. The number of thiophene rings is 1. The van der Waals surface area contributed by atoms with Gasteiger partial charge in [-0.1, -0.05) is 42.5 Å². The van der Waals surface area contributed by atoms with Crippen molar-refractivity contribution in [2.24, 2.45) is 0 Å². The SMILES string of the molecule is Cc1[nH]c2ccccc2c1C(=O)[C@H](C)OC(=O)c1c2c(nc3ccccc13)/C(=C/c1cccs1)CCC2. The van der Waals surface area contributed by atoms with Crippen molar-refractivity contribution >= 4 is 56.5 Å². The average molecular weight is 507 g/mol. The van der Waals surface area contributed by atoms with Crippen molar-refractivity contribution in [1.29, 1.82) is 0 Å². The third-order valence-electron chi connectivity index (χ3n) is 7.03. The molecule has 0 aliphatic heterocycles. The Morgan fingerprint density at radius 1 is 1.00 bits per heavy atom. The summed E-state index contributed by atoms with van der Waals surface area (Å²) < 4.78 is 5.89. The largest absolute Gasteiger partial charge is 0.451 e. The maximum absolute atomic E-state index is 13.8. The van der Waals surface area contributed by atoms with E-state index in [2.05, 4.69) is 22.5 Å². The molecule has 3 heterocycles. The highest BCUT2D eigenvalue weighted by Gasteiger charge is 2.29. The number of Topliss-reactive ketones (excluding diaryl/α,β-unsaturated/α-hetero) is 1. The van der Waals surface area contributed by atoms with Gasteiger partial charge in [0.15, 0.2) is 6.10 Å². The van der Waals surface area contributed by atoms with E-state index in [0.717, 1.165) is 68.5 Å². The summed E-state index contributed by atoms with van der Waals surface area (Å²) in [6.45, 7) is 3.52. The number of benzene rings is 2. The molecule has 37 heavy (non-hydrogen) atoms. The van der Waals surface area contributed by atoms with Crippen LogP contribution in [-0.4, -0.2) is 27.8 Å². The number of fused-ring (bicyclic) bond motifs is 3. The van der Waals surface area contributed by atoms with Crippen LogP contribution in [0.3, 0.4) is 0 Å². The molecule has 0 saturated heterocycles. The van der Waals surface area contributed by atoms with Crippen molar-refractivity contribution in [3.8, 4) is 0 Å². The zero-order valence-corrected chi connectivity index (χ0v) is 21.5. The van der Waals surface area contributed by atoms with E-state index in [-0.39, 0.29) is 5.78 Å². The average Bonchev–Trinajstić information content (AvgIpc) is 3.53. The molecule has 0 unspecified atom stereocenters. The number of hydrogen-bond acceptors (Lipinski definition) is 5. The summed E-state index contributed by atoms with van der Waals surface area (Å²) in [6, 6.07) is 19.5. The number of carbonyl (C=O) groups excluding carboxylic acids is 2. The lowest BCUT2D eigenvalue weighted by Gasteiger charge is -2.23. The van der Waals surface area contributed by atoms with Crippen LogP contribution in [0.25, 0.3) is 33.5 Å². The van der Waals surface area contributed by atoms with Crippen LogP contribution in [0.5, 0.6) is 0 Å². The lowest BCUT2D eigenvalue weighted by Crippen LogP contribution is -2.26. The third kappa shape index (κ3) is 4.17.